The highest BCUT2D eigenvalue weighted by Crippen LogP contribution is 2.63. The number of hydrogen-bond donors (Lipinski definition) is 0. The fourth-order valence-corrected chi connectivity index (χ4v) is 7.51. The third-order valence-corrected chi connectivity index (χ3v) is 8.98. The lowest BCUT2D eigenvalue weighted by molar-refractivity contribution is -0.146. The summed E-state index contributed by atoms with van der Waals surface area (Å²) in [6.45, 7) is 9.11. The molecular formula is C24H38O3. The largest absolute Gasteiger partial charge is 0.380 e. The molecule has 0 radical (unpaired) electrons. The molecule has 0 aromatic heterocycles. The minimum absolute atomic E-state index is 0.138. The van der Waals surface area contributed by atoms with Crippen LogP contribution in [0.2, 0.25) is 0 Å². The summed E-state index contributed by atoms with van der Waals surface area (Å²) in [6, 6.07) is 0. The molecule has 7 atom stereocenters. The van der Waals surface area contributed by atoms with Gasteiger partial charge in [0.25, 0.3) is 0 Å². The second kappa shape index (κ2) is 7.63. The molecule has 0 bridgehead atoms. The number of hydrogen-bond acceptors (Lipinski definition) is 3. The predicted molar refractivity (Wildman–Crippen MR) is 107 cm³/mol. The van der Waals surface area contributed by atoms with Crippen molar-refractivity contribution in [2.45, 2.75) is 78.2 Å². The van der Waals surface area contributed by atoms with Crippen LogP contribution in [0.15, 0.2) is 11.6 Å². The molecule has 1 aliphatic heterocycles. The maximum atomic E-state index is 10.8. The average Bonchev–Trinajstić information content (AvgIpc) is 2.67. The first-order chi connectivity index (χ1) is 13.0. The lowest BCUT2D eigenvalue weighted by Crippen LogP contribution is -2.56. The van der Waals surface area contributed by atoms with Crippen molar-refractivity contribution in [2.24, 2.45) is 34.5 Å². The van der Waals surface area contributed by atoms with Gasteiger partial charge in [-0.05, 0) is 61.7 Å². The van der Waals surface area contributed by atoms with Gasteiger partial charge in [0, 0.05) is 11.3 Å². The van der Waals surface area contributed by atoms with Crippen LogP contribution >= 0.6 is 0 Å². The van der Waals surface area contributed by atoms with Crippen molar-refractivity contribution < 1.29 is 14.3 Å². The Kier molecular flexibility index (Phi) is 5.55. The van der Waals surface area contributed by atoms with E-state index in [0.717, 1.165) is 37.8 Å². The van der Waals surface area contributed by atoms with Crippen LogP contribution in [0.3, 0.4) is 0 Å². The van der Waals surface area contributed by atoms with Gasteiger partial charge >= 0.3 is 0 Å². The summed E-state index contributed by atoms with van der Waals surface area (Å²) in [5.41, 5.74) is 2.37. The number of rotatable bonds is 5. The van der Waals surface area contributed by atoms with E-state index >= 15 is 0 Å². The van der Waals surface area contributed by atoms with Gasteiger partial charge in [-0.2, -0.15) is 0 Å². The van der Waals surface area contributed by atoms with Gasteiger partial charge in [-0.3, -0.25) is 0 Å². The highest BCUT2D eigenvalue weighted by molar-refractivity contribution is 5.50. The molecule has 2 saturated carbocycles. The Morgan fingerprint density at radius 3 is 2.93 bits per heavy atom. The van der Waals surface area contributed by atoms with Crippen LogP contribution in [-0.4, -0.2) is 32.2 Å². The molecule has 27 heavy (non-hydrogen) atoms. The van der Waals surface area contributed by atoms with Gasteiger partial charge in [0.2, 0.25) is 0 Å². The number of aldehydes is 1. The first-order valence-corrected chi connectivity index (χ1v) is 11.4. The predicted octanol–water partition coefficient (Wildman–Crippen LogP) is 5.19. The van der Waals surface area contributed by atoms with Crippen molar-refractivity contribution in [3.63, 3.8) is 0 Å². The van der Waals surface area contributed by atoms with Crippen molar-refractivity contribution >= 4 is 6.29 Å². The van der Waals surface area contributed by atoms with Crippen molar-refractivity contribution in [1.29, 1.82) is 0 Å². The Morgan fingerprint density at radius 2 is 2.15 bits per heavy atom. The van der Waals surface area contributed by atoms with Gasteiger partial charge in [-0.25, -0.2) is 0 Å². The van der Waals surface area contributed by atoms with Gasteiger partial charge in [-0.15, -0.1) is 0 Å². The van der Waals surface area contributed by atoms with E-state index in [4.69, 9.17) is 9.47 Å². The van der Waals surface area contributed by atoms with Crippen LogP contribution in [0.4, 0.5) is 0 Å². The molecule has 1 saturated heterocycles. The number of ether oxygens (including phenoxy) is 2. The maximum absolute atomic E-state index is 10.8. The van der Waals surface area contributed by atoms with E-state index < -0.39 is 0 Å². The molecule has 4 rings (SSSR count). The van der Waals surface area contributed by atoms with Gasteiger partial charge in [0.1, 0.15) is 12.9 Å². The van der Waals surface area contributed by atoms with Crippen LogP contribution < -0.4 is 0 Å². The van der Waals surface area contributed by atoms with Crippen molar-refractivity contribution in [1.82, 2.24) is 0 Å². The SMILES string of the molecule is CCC(OCC=O)C1COCC2(C)C3=CCC4CCCCC4(C)C3CCC12. The van der Waals surface area contributed by atoms with Crippen molar-refractivity contribution in [3.8, 4) is 0 Å². The van der Waals surface area contributed by atoms with E-state index in [2.05, 4.69) is 26.8 Å². The molecule has 152 valence electrons. The minimum Gasteiger partial charge on any atom is -0.380 e. The molecule has 0 aromatic rings. The Bertz CT molecular complexity index is 584. The second-order valence-corrected chi connectivity index (χ2v) is 10.1. The Hall–Kier alpha value is -0.670. The fraction of sp³-hybridized carbons (Fsp3) is 0.875. The van der Waals surface area contributed by atoms with Gasteiger partial charge in [-0.1, -0.05) is 45.3 Å². The Labute approximate surface area is 165 Å². The third-order valence-electron chi connectivity index (χ3n) is 8.98. The lowest BCUT2D eigenvalue weighted by Gasteiger charge is -2.61. The normalized spacial score (nSPS) is 45.1. The molecule has 4 aliphatic rings. The van der Waals surface area contributed by atoms with E-state index in [9.17, 15) is 4.79 Å². The summed E-state index contributed by atoms with van der Waals surface area (Å²) in [7, 11) is 0. The van der Waals surface area contributed by atoms with E-state index in [1.165, 1.54) is 44.9 Å². The smallest absolute Gasteiger partial charge is 0.145 e. The third kappa shape index (κ3) is 3.13. The molecule has 3 aliphatic carbocycles. The molecule has 0 N–H and O–H groups in total. The topological polar surface area (TPSA) is 35.5 Å². The summed E-state index contributed by atoms with van der Waals surface area (Å²) in [6.07, 6.45) is 14.2. The van der Waals surface area contributed by atoms with E-state index in [1.807, 2.05) is 0 Å². The zero-order valence-electron chi connectivity index (χ0n) is 17.5. The standard InChI is InChI=1S/C24H38O3/c1-4-22(27-14-13-25)18-15-26-16-24(3)19(18)10-11-20-21(24)9-8-17-7-5-6-12-23(17,20)2/h9,13,17-20,22H,4-8,10-12,14-16H2,1-3H3. The van der Waals surface area contributed by atoms with Gasteiger partial charge < -0.3 is 14.3 Å². The molecule has 3 fully saturated rings. The Balaban J connectivity index is 1.62. The van der Waals surface area contributed by atoms with Crippen LogP contribution in [0.1, 0.15) is 72.1 Å². The number of allylic oxidation sites excluding steroid dienone is 1. The number of fused-ring (bicyclic) bond motifs is 5. The number of carbonyl (C=O) groups is 1. The Morgan fingerprint density at radius 1 is 1.30 bits per heavy atom. The summed E-state index contributed by atoms with van der Waals surface area (Å²) in [5, 5.41) is 0. The summed E-state index contributed by atoms with van der Waals surface area (Å²) in [5.74, 6) is 2.66. The number of carbonyl (C=O) groups excluding carboxylic acids is 1. The molecule has 3 nitrogen and oxygen atoms in total. The lowest BCUT2D eigenvalue weighted by atomic mass is 9.46. The molecular weight excluding hydrogens is 336 g/mol. The van der Waals surface area contributed by atoms with E-state index in [1.54, 1.807) is 5.57 Å². The second-order valence-electron chi connectivity index (χ2n) is 10.1. The summed E-state index contributed by atoms with van der Waals surface area (Å²) < 4.78 is 12.2. The zero-order valence-corrected chi connectivity index (χ0v) is 17.5. The molecule has 0 aromatic carbocycles. The van der Waals surface area contributed by atoms with Gasteiger partial charge in [0.15, 0.2) is 0 Å². The van der Waals surface area contributed by atoms with Gasteiger partial charge in [0.05, 0.1) is 19.3 Å². The molecule has 3 heteroatoms. The average molecular weight is 375 g/mol. The van der Waals surface area contributed by atoms with E-state index in [0.29, 0.717) is 17.3 Å². The maximum Gasteiger partial charge on any atom is 0.145 e. The fourth-order valence-electron chi connectivity index (χ4n) is 7.51. The monoisotopic (exact) mass is 374 g/mol. The molecule has 0 amide bonds. The van der Waals surface area contributed by atoms with Crippen molar-refractivity contribution in [3.05, 3.63) is 11.6 Å². The van der Waals surface area contributed by atoms with Crippen LogP contribution in [0, 0.1) is 34.5 Å². The summed E-state index contributed by atoms with van der Waals surface area (Å²) in [4.78, 5) is 10.8. The molecule has 0 spiro atoms. The van der Waals surface area contributed by atoms with Crippen molar-refractivity contribution in [2.75, 3.05) is 19.8 Å². The zero-order chi connectivity index (χ0) is 19.1. The van der Waals surface area contributed by atoms with Crippen LogP contribution in [0.5, 0.6) is 0 Å². The molecule has 1 heterocycles. The van der Waals surface area contributed by atoms with Crippen LogP contribution in [-0.2, 0) is 14.3 Å². The van der Waals surface area contributed by atoms with Crippen LogP contribution in [0.25, 0.3) is 0 Å². The quantitative estimate of drug-likeness (QED) is 0.491. The minimum atomic E-state index is 0.138. The molecule has 7 unspecified atom stereocenters. The van der Waals surface area contributed by atoms with E-state index in [-0.39, 0.29) is 18.1 Å². The highest BCUT2D eigenvalue weighted by atomic mass is 16.5. The highest BCUT2D eigenvalue weighted by Gasteiger charge is 2.57. The summed E-state index contributed by atoms with van der Waals surface area (Å²) >= 11 is 0. The first kappa shape index (κ1) is 19.6. The first-order valence-electron chi connectivity index (χ1n) is 11.4.